The quantitative estimate of drug-likeness (QED) is 0.404. The van der Waals surface area contributed by atoms with Gasteiger partial charge in [0, 0.05) is 22.9 Å². The van der Waals surface area contributed by atoms with E-state index in [2.05, 4.69) is 0 Å². The van der Waals surface area contributed by atoms with Crippen molar-refractivity contribution < 1.29 is 39.3 Å². The Labute approximate surface area is 76.4 Å². The summed E-state index contributed by atoms with van der Waals surface area (Å²) in [6.45, 7) is 1.94. The standard InChI is InChI=1S/2C2H4O2.Si.Zn/c2*1-2(3)4;;/h2*1H3,(H,3,4);;/q;;;+2/p-2. The van der Waals surface area contributed by atoms with Crippen LogP contribution in [0.4, 0.5) is 0 Å². The van der Waals surface area contributed by atoms with Crippen molar-refractivity contribution in [2.24, 2.45) is 0 Å². The van der Waals surface area contributed by atoms with Crippen molar-refractivity contribution >= 4 is 22.9 Å². The molecule has 0 N–H and O–H groups in total. The largest absolute Gasteiger partial charge is 2.00 e. The van der Waals surface area contributed by atoms with Gasteiger partial charge in [0.2, 0.25) is 0 Å². The molecule has 4 radical (unpaired) electrons. The maximum absolute atomic E-state index is 8.89. The normalized spacial score (nSPS) is 5.00. The molecule has 0 aliphatic carbocycles. The Kier molecular flexibility index (Phi) is 35.9. The van der Waals surface area contributed by atoms with Gasteiger partial charge in [-0.1, -0.05) is 0 Å². The molecule has 0 aromatic rings. The van der Waals surface area contributed by atoms with Crippen LogP contribution in [0.3, 0.4) is 0 Å². The van der Waals surface area contributed by atoms with E-state index < -0.39 is 11.9 Å². The summed E-state index contributed by atoms with van der Waals surface area (Å²) in [5.41, 5.74) is 0. The summed E-state index contributed by atoms with van der Waals surface area (Å²) in [6, 6.07) is 0. The minimum Gasteiger partial charge on any atom is -0.550 e. The zero-order chi connectivity index (χ0) is 7.15. The molecule has 0 rings (SSSR count). The fourth-order valence-corrected chi connectivity index (χ4v) is 0. The van der Waals surface area contributed by atoms with Gasteiger partial charge in [0.25, 0.3) is 0 Å². The third-order valence-corrected chi connectivity index (χ3v) is 0. The first kappa shape index (κ1) is 22.6. The van der Waals surface area contributed by atoms with Gasteiger partial charge in [-0.25, -0.2) is 0 Å². The number of carbonyl (C=O) groups is 2. The molecular weight excluding hydrogens is 206 g/mol. The number of carbonyl (C=O) groups excluding carboxylic acids is 2. The molecule has 0 heterocycles. The summed E-state index contributed by atoms with van der Waals surface area (Å²) < 4.78 is 0. The van der Waals surface area contributed by atoms with Gasteiger partial charge in [0.05, 0.1) is 0 Å². The van der Waals surface area contributed by atoms with E-state index in [9.17, 15) is 0 Å². The molecule has 0 atom stereocenters. The minimum atomic E-state index is -1.08. The second kappa shape index (κ2) is 15.9. The average molecular weight is 212 g/mol. The molecule has 6 heteroatoms. The summed E-state index contributed by atoms with van der Waals surface area (Å²) in [7, 11) is 0. The summed E-state index contributed by atoms with van der Waals surface area (Å²) in [6.07, 6.45) is 0. The molecule has 0 aliphatic rings. The molecule has 0 bridgehead atoms. The molecule has 0 fully saturated rings. The first-order valence-electron chi connectivity index (χ1n) is 1.82. The molecule has 0 aromatic carbocycles. The Morgan fingerprint density at radius 2 is 1.00 bits per heavy atom. The van der Waals surface area contributed by atoms with E-state index in [0.29, 0.717) is 0 Å². The predicted octanol–water partition coefficient (Wildman–Crippen LogP) is -2.87. The van der Waals surface area contributed by atoms with Crippen LogP contribution in [0.5, 0.6) is 0 Å². The van der Waals surface area contributed by atoms with Crippen molar-refractivity contribution in [2.45, 2.75) is 13.8 Å². The zero-order valence-corrected chi connectivity index (χ0v) is 9.81. The van der Waals surface area contributed by atoms with Crippen LogP contribution < -0.4 is 10.2 Å². The zero-order valence-electron chi connectivity index (χ0n) is 5.84. The number of rotatable bonds is 0. The monoisotopic (exact) mass is 210 g/mol. The molecular formula is C4H6O4SiZn. The van der Waals surface area contributed by atoms with Crippen molar-refractivity contribution in [3.63, 3.8) is 0 Å². The minimum absolute atomic E-state index is 0. The van der Waals surface area contributed by atoms with Crippen LogP contribution in [0, 0.1) is 0 Å². The van der Waals surface area contributed by atoms with E-state index in [1.165, 1.54) is 0 Å². The summed E-state index contributed by atoms with van der Waals surface area (Å²) in [4.78, 5) is 17.8. The van der Waals surface area contributed by atoms with Gasteiger partial charge in [-0.15, -0.1) is 0 Å². The smallest absolute Gasteiger partial charge is 0.550 e. The average Bonchev–Trinajstić information content (AvgIpc) is 1.25. The van der Waals surface area contributed by atoms with Crippen molar-refractivity contribution in [3.8, 4) is 0 Å². The second-order valence-electron chi connectivity index (χ2n) is 0.983. The fraction of sp³-hybridized carbons (Fsp3) is 0.500. The van der Waals surface area contributed by atoms with Crippen LogP contribution in [-0.4, -0.2) is 22.9 Å². The molecule has 0 spiro atoms. The van der Waals surface area contributed by atoms with Gasteiger partial charge in [-0.3, -0.25) is 0 Å². The molecule has 0 aromatic heterocycles. The van der Waals surface area contributed by atoms with Crippen LogP contribution in [0.1, 0.15) is 13.8 Å². The molecule has 0 aliphatic heterocycles. The molecule has 0 saturated heterocycles. The Balaban J connectivity index is -0.0000000300. The molecule has 0 saturated carbocycles. The first-order chi connectivity index (χ1) is 3.46. The van der Waals surface area contributed by atoms with Gasteiger partial charge in [-0.05, 0) is 13.8 Å². The van der Waals surface area contributed by atoms with Gasteiger partial charge >= 0.3 is 19.5 Å². The van der Waals surface area contributed by atoms with E-state index in [1.807, 2.05) is 0 Å². The fourth-order valence-electron chi connectivity index (χ4n) is 0. The van der Waals surface area contributed by atoms with Gasteiger partial charge < -0.3 is 19.8 Å². The maximum atomic E-state index is 8.89. The van der Waals surface area contributed by atoms with E-state index in [-0.39, 0.29) is 30.4 Å². The Morgan fingerprint density at radius 3 is 1.00 bits per heavy atom. The Bertz CT molecular complexity index is 75.3. The van der Waals surface area contributed by atoms with E-state index in [0.717, 1.165) is 13.8 Å². The first-order valence-corrected chi connectivity index (χ1v) is 1.82. The molecule has 10 heavy (non-hydrogen) atoms. The van der Waals surface area contributed by atoms with E-state index in [4.69, 9.17) is 19.8 Å². The number of hydrogen-bond acceptors (Lipinski definition) is 4. The third-order valence-electron chi connectivity index (χ3n) is 0. The molecule has 52 valence electrons. The molecule has 0 amide bonds. The van der Waals surface area contributed by atoms with Crippen LogP contribution >= 0.6 is 0 Å². The summed E-state index contributed by atoms with van der Waals surface area (Å²) in [5.74, 6) is -2.17. The number of hydrogen-bond donors (Lipinski definition) is 0. The number of carboxylic acids is 2. The number of carboxylic acid groups (broad SMARTS) is 2. The second-order valence-corrected chi connectivity index (χ2v) is 0.983. The van der Waals surface area contributed by atoms with Crippen molar-refractivity contribution in [2.75, 3.05) is 0 Å². The van der Waals surface area contributed by atoms with Gasteiger partial charge in [0.1, 0.15) is 0 Å². The van der Waals surface area contributed by atoms with Crippen LogP contribution in [0.2, 0.25) is 0 Å². The SMILES string of the molecule is CC(=O)[O-].CC(=O)[O-].[Si].[Zn+2]. The van der Waals surface area contributed by atoms with Crippen LogP contribution in [-0.2, 0) is 29.1 Å². The van der Waals surface area contributed by atoms with Gasteiger partial charge in [0.15, 0.2) is 0 Å². The van der Waals surface area contributed by atoms with Gasteiger partial charge in [-0.2, -0.15) is 0 Å². The van der Waals surface area contributed by atoms with Crippen molar-refractivity contribution in [1.29, 1.82) is 0 Å². The Hall–Kier alpha value is -0.220. The molecule has 4 nitrogen and oxygen atoms in total. The number of aliphatic carboxylic acids is 2. The van der Waals surface area contributed by atoms with E-state index >= 15 is 0 Å². The van der Waals surface area contributed by atoms with Crippen LogP contribution in [0.15, 0.2) is 0 Å². The third kappa shape index (κ3) is 7410. The maximum Gasteiger partial charge on any atom is 2.00 e. The van der Waals surface area contributed by atoms with E-state index in [1.54, 1.807) is 0 Å². The summed E-state index contributed by atoms with van der Waals surface area (Å²) >= 11 is 0. The topological polar surface area (TPSA) is 80.3 Å². The van der Waals surface area contributed by atoms with Crippen molar-refractivity contribution in [3.05, 3.63) is 0 Å². The van der Waals surface area contributed by atoms with Crippen LogP contribution in [0.25, 0.3) is 0 Å². The Morgan fingerprint density at radius 1 is 1.00 bits per heavy atom. The van der Waals surface area contributed by atoms with Crippen molar-refractivity contribution in [1.82, 2.24) is 0 Å². The molecule has 0 unspecified atom stereocenters. The summed E-state index contributed by atoms with van der Waals surface area (Å²) in [5, 5.41) is 17.8. The predicted molar refractivity (Wildman–Crippen MR) is 27.1 cm³/mol.